The zero-order valence-electron chi connectivity index (χ0n) is 10.4. The maximum Gasteiger partial charge on any atom is 0.406 e. The molecule has 17 heavy (non-hydrogen) atoms. The topological polar surface area (TPSA) is 32.3 Å². The molecule has 1 amide bonds. The summed E-state index contributed by atoms with van der Waals surface area (Å²) in [5.74, 6) is -0.482. The van der Waals surface area contributed by atoms with Gasteiger partial charge in [-0.05, 0) is 19.4 Å². The van der Waals surface area contributed by atoms with Crippen molar-refractivity contribution in [1.82, 2.24) is 10.2 Å². The quantitative estimate of drug-likeness (QED) is 0.673. The fourth-order valence-corrected chi connectivity index (χ4v) is 1.34. The Kier molecular flexibility index (Phi) is 7.95. The zero-order chi connectivity index (χ0) is 13.3. The Morgan fingerprint density at radius 2 is 1.88 bits per heavy atom. The van der Waals surface area contributed by atoms with E-state index in [9.17, 15) is 18.0 Å². The predicted octanol–water partition coefficient (Wildman–Crippen LogP) is 2.18. The van der Waals surface area contributed by atoms with E-state index in [2.05, 4.69) is 5.32 Å². The maximum atomic E-state index is 12.3. The van der Waals surface area contributed by atoms with E-state index in [-0.39, 0.29) is 13.1 Å². The molecule has 0 spiro atoms. The molecule has 0 unspecified atom stereocenters. The summed E-state index contributed by atoms with van der Waals surface area (Å²) in [7, 11) is 0. The molecule has 0 radical (unpaired) electrons. The lowest BCUT2D eigenvalue weighted by molar-refractivity contribution is -0.160. The highest BCUT2D eigenvalue weighted by Crippen LogP contribution is 2.16. The molecule has 0 aliphatic rings. The van der Waals surface area contributed by atoms with E-state index in [1.54, 1.807) is 0 Å². The first-order chi connectivity index (χ1) is 7.90. The molecule has 0 aromatic rings. The number of nitrogens with zero attached hydrogens (tertiary/aromatic N) is 1. The van der Waals surface area contributed by atoms with Gasteiger partial charge in [0.2, 0.25) is 5.91 Å². The normalized spacial score (nSPS) is 11.6. The Morgan fingerprint density at radius 1 is 1.24 bits per heavy atom. The fourth-order valence-electron chi connectivity index (χ4n) is 1.34. The average Bonchev–Trinajstić information content (AvgIpc) is 2.22. The lowest BCUT2D eigenvalue weighted by Gasteiger charge is -2.24. The number of carbonyl (C=O) groups excluding carboxylic acids is 1. The first kappa shape index (κ1) is 16.2. The van der Waals surface area contributed by atoms with Crippen LogP contribution >= 0.6 is 0 Å². The number of amides is 1. The molecule has 0 heterocycles. The fraction of sp³-hybridized carbons (Fsp3) is 0.909. The SMILES string of the molecule is CCCCN(CC(F)(F)F)C(=O)CNCCC. The molecule has 0 rings (SSSR count). The minimum Gasteiger partial charge on any atom is -0.332 e. The summed E-state index contributed by atoms with van der Waals surface area (Å²) in [6, 6.07) is 0. The largest absolute Gasteiger partial charge is 0.406 e. The molecule has 0 aromatic heterocycles. The second kappa shape index (κ2) is 8.33. The molecule has 1 N–H and O–H groups in total. The van der Waals surface area contributed by atoms with Gasteiger partial charge in [0.05, 0.1) is 6.54 Å². The molecular weight excluding hydrogens is 233 g/mol. The van der Waals surface area contributed by atoms with Gasteiger partial charge in [0.15, 0.2) is 0 Å². The van der Waals surface area contributed by atoms with Gasteiger partial charge in [-0.3, -0.25) is 4.79 Å². The van der Waals surface area contributed by atoms with E-state index in [1.165, 1.54) is 0 Å². The zero-order valence-corrected chi connectivity index (χ0v) is 10.4. The van der Waals surface area contributed by atoms with Gasteiger partial charge in [0.1, 0.15) is 6.54 Å². The second-order valence-electron chi connectivity index (χ2n) is 3.96. The number of unbranched alkanes of at least 4 members (excludes halogenated alkanes) is 1. The van der Waals surface area contributed by atoms with Crippen LogP contribution in [0.4, 0.5) is 13.2 Å². The van der Waals surface area contributed by atoms with Crippen LogP contribution < -0.4 is 5.32 Å². The van der Waals surface area contributed by atoms with Gasteiger partial charge in [-0.25, -0.2) is 0 Å². The Labute approximate surface area is 100 Å². The van der Waals surface area contributed by atoms with Gasteiger partial charge >= 0.3 is 6.18 Å². The third kappa shape index (κ3) is 8.97. The van der Waals surface area contributed by atoms with E-state index >= 15 is 0 Å². The van der Waals surface area contributed by atoms with Crippen molar-refractivity contribution in [3.8, 4) is 0 Å². The van der Waals surface area contributed by atoms with Crippen LogP contribution in [0.25, 0.3) is 0 Å². The molecule has 0 aromatic carbocycles. The summed E-state index contributed by atoms with van der Waals surface area (Å²) in [5.41, 5.74) is 0. The molecule has 0 atom stereocenters. The van der Waals surface area contributed by atoms with Crippen LogP contribution in [0.1, 0.15) is 33.1 Å². The van der Waals surface area contributed by atoms with E-state index in [1.807, 2.05) is 13.8 Å². The van der Waals surface area contributed by atoms with Crippen LogP contribution in [0.2, 0.25) is 0 Å². The standard InChI is InChI=1S/C11H21F3N2O/c1-3-5-7-16(9-11(12,13)14)10(17)8-15-6-4-2/h15H,3-9H2,1-2H3. The van der Waals surface area contributed by atoms with Gasteiger partial charge < -0.3 is 10.2 Å². The number of nitrogens with one attached hydrogen (secondary N) is 1. The Morgan fingerprint density at radius 3 is 2.35 bits per heavy atom. The summed E-state index contributed by atoms with van der Waals surface area (Å²) < 4.78 is 36.8. The molecule has 3 nitrogen and oxygen atoms in total. The van der Waals surface area contributed by atoms with Crippen LogP contribution in [-0.4, -0.2) is 43.2 Å². The Bertz CT molecular complexity index is 219. The molecule has 102 valence electrons. The number of hydrogen-bond donors (Lipinski definition) is 1. The number of rotatable bonds is 8. The van der Waals surface area contributed by atoms with Gasteiger partial charge in [-0.2, -0.15) is 13.2 Å². The van der Waals surface area contributed by atoms with Gasteiger partial charge in [-0.1, -0.05) is 20.3 Å². The average molecular weight is 254 g/mol. The third-order valence-corrected chi connectivity index (χ3v) is 2.21. The molecular formula is C11H21F3N2O. The predicted molar refractivity (Wildman–Crippen MR) is 60.7 cm³/mol. The smallest absolute Gasteiger partial charge is 0.332 e. The van der Waals surface area contributed by atoms with Crippen molar-refractivity contribution >= 4 is 5.91 Å². The van der Waals surface area contributed by atoms with E-state index in [0.717, 1.165) is 17.7 Å². The monoisotopic (exact) mass is 254 g/mol. The minimum atomic E-state index is -4.33. The molecule has 0 bridgehead atoms. The van der Waals surface area contributed by atoms with Crippen molar-refractivity contribution in [2.24, 2.45) is 0 Å². The van der Waals surface area contributed by atoms with Crippen LogP contribution in [0.15, 0.2) is 0 Å². The highest BCUT2D eigenvalue weighted by molar-refractivity contribution is 5.78. The first-order valence-electron chi connectivity index (χ1n) is 5.96. The summed E-state index contributed by atoms with van der Waals surface area (Å²) in [5, 5.41) is 2.82. The molecule has 6 heteroatoms. The summed E-state index contributed by atoms with van der Waals surface area (Å²) in [4.78, 5) is 12.4. The molecule has 0 fully saturated rings. The van der Waals surface area contributed by atoms with E-state index in [4.69, 9.17) is 0 Å². The van der Waals surface area contributed by atoms with Crippen molar-refractivity contribution in [3.05, 3.63) is 0 Å². The maximum absolute atomic E-state index is 12.3. The van der Waals surface area contributed by atoms with Crippen molar-refractivity contribution < 1.29 is 18.0 Å². The highest BCUT2D eigenvalue weighted by Gasteiger charge is 2.32. The highest BCUT2D eigenvalue weighted by atomic mass is 19.4. The van der Waals surface area contributed by atoms with Crippen LogP contribution in [0.5, 0.6) is 0 Å². The van der Waals surface area contributed by atoms with Gasteiger partial charge in [0.25, 0.3) is 0 Å². The Hall–Kier alpha value is -0.780. The van der Waals surface area contributed by atoms with Crippen molar-refractivity contribution in [3.63, 3.8) is 0 Å². The van der Waals surface area contributed by atoms with Crippen LogP contribution in [-0.2, 0) is 4.79 Å². The lowest BCUT2D eigenvalue weighted by atomic mass is 10.3. The molecule has 0 saturated heterocycles. The lowest BCUT2D eigenvalue weighted by Crippen LogP contribution is -2.43. The first-order valence-corrected chi connectivity index (χ1v) is 5.96. The number of alkyl halides is 3. The molecule has 0 aliphatic heterocycles. The third-order valence-electron chi connectivity index (χ3n) is 2.21. The molecule has 0 aliphatic carbocycles. The van der Waals surface area contributed by atoms with Gasteiger partial charge in [-0.15, -0.1) is 0 Å². The van der Waals surface area contributed by atoms with Crippen LogP contribution in [0.3, 0.4) is 0 Å². The second-order valence-corrected chi connectivity index (χ2v) is 3.96. The van der Waals surface area contributed by atoms with Crippen molar-refractivity contribution in [2.75, 3.05) is 26.2 Å². The van der Waals surface area contributed by atoms with E-state index in [0.29, 0.717) is 13.0 Å². The van der Waals surface area contributed by atoms with E-state index < -0.39 is 18.6 Å². The number of halogens is 3. The summed E-state index contributed by atoms with van der Waals surface area (Å²) >= 11 is 0. The number of carbonyl (C=O) groups is 1. The minimum absolute atomic E-state index is 0.0202. The molecule has 0 saturated carbocycles. The summed E-state index contributed by atoms with van der Waals surface area (Å²) in [6.45, 7) is 3.45. The van der Waals surface area contributed by atoms with Crippen molar-refractivity contribution in [2.45, 2.75) is 39.3 Å². The Balaban J connectivity index is 4.19. The van der Waals surface area contributed by atoms with Gasteiger partial charge in [0, 0.05) is 6.54 Å². The van der Waals surface area contributed by atoms with Crippen molar-refractivity contribution in [1.29, 1.82) is 0 Å². The summed E-state index contributed by atoms with van der Waals surface area (Å²) in [6.07, 6.45) is -2.12. The number of hydrogen-bond acceptors (Lipinski definition) is 2. The van der Waals surface area contributed by atoms with Crippen LogP contribution in [0, 0.1) is 0 Å².